The molecule has 1 unspecified atom stereocenters. The third-order valence-corrected chi connectivity index (χ3v) is 2.26. The van der Waals surface area contributed by atoms with Crippen molar-refractivity contribution in [2.75, 3.05) is 20.3 Å². The number of aliphatic hydroxyl groups excluding tert-OH is 1. The van der Waals surface area contributed by atoms with Gasteiger partial charge in [0.25, 0.3) is 5.91 Å². The summed E-state index contributed by atoms with van der Waals surface area (Å²) in [6, 6.07) is 0. The minimum atomic E-state index is -1.17. The smallest absolute Gasteiger partial charge is 0.253 e. The average molecular weight is 227 g/mol. The van der Waals surface area contributed by atoms with Crippen molar-refractivity contribution in [3.8, 4) is 0 Å². The average Bonchev–Trinajstić information content (AvgIpc) is 2.69. The lowest BCUT2D eigenvalue weighted by molar-refractivity contribution is -0.129. The maximum atomic E-state index is 11.5. The Balaban J connectivity index is 2.40. The van der Waals surface area contributed by atoms with E-state index in [-0.39, 0.29) is 0 Å². The number of furan rings is 1. The Morgan fingerprint density at radius 1 is 1.62 bits per heavy atom. The molecule has 0 saturated carbocycles. The van der Waals surface area contributed by atoms with E-state index in [1.807, 2.05) is 0 Å². The minimum Gasteiger partial charge on any atom is -0.472 e. The fourth-order valence-electron chi connectivity index (χ4n) is 1.32. The number of carbonyl (C=O) groups is 1. The lowest BCUT2D eigenvalue weighted by Crippen LogP contribution is -2.30. The van der Waals surface area contributed by atoms with E-state index in [0.29, 0.717) is 18.7 Å². The van der Waals surface area contributed by atoms with Gasteiger partial charge in [0.2, 0.25) is 0 Å². The van der Waals surface area contributed by atoms with Crippen LogP contribution < -0.4 is 5.32 Å². The molecule has 0 spiro atoms. The number of nitrogens with one attached hydrogen (secondary N) is 1. The van der Waals surface area contributed by atoms with Gasteiger partial charge in [-0.1, -0.05) is 0 Å². The van der Waals surface area contributed by atoms with Gasteiger partial charge >= 0.3 is 0 Å². The predicted molar refractivity (Wildman–Crippen MR) is 57.9 cm³/mol. The molecule has 1 atom stereocenters. The van der Waals surface area contributed by atoms with Crippen LogP contribution in [0, 0.1) is 6.92 Å². The molecule has 0 aliphatic rings. The van der Waals surface area contributed by atoms with Crippen LogP contribution in [0.15, 0.2) is 16.9 Å². The molecule has 2 N–H and O–H groups in total. The molecule has 0 saturated heterocycles. The van der Waals surface area contributed by atoms with Crippen LogP contribution in [0.3, 0.4) is 0 Å². The molecule has 0 aliphatic carbocycles. The molecule has 5 heteroatoms. The molecule has 1 amide bonds. The predicted octanol–water partition coefficient (Wildman–Crippen LogP) is 0.774. The van der Waals surface area contributed by atoms with Gasteiger partial charge in [0, 0.05) is 25.8 Å². The Morgan fingerprint density at radius 3 is 2.94 bits per heavy atom. The van der Waals surface area contributed by atoms with E-state index in [0.717, 1.165) is 12.0 Å². The van der Waals surface area contributed by atoms with Crippen molar-refractivity contribution in [3.63, 3.8) is 0 Å². The monoisotopic (exact) mass is 227 g/mol. The van der Waals surface area contributed by atoms with Gasteiger partial charge in [-0.05, 0) is 18.9 Å². The van der Waals surface area contributed by atoms with Crippen LogP contribution in [0.1, 0.15) is 23.7 Å². The highest BCUT2D eigenvalue weighted by Crippen LogP contribution is 2.18. The molecule has 0 bridgehead atoms. The zero-order valence-electron chi connectivity index (χ0n) is 9.53. The Hall–Kier alpha value is -1.33. The number of aryl methyl sites for hydroxylation is 1. The van der Waals surface area contributed by atoms with Crippen molar-refractivity contribution in [1.29, 1.82) is 0 Å². The molecule has 0 radical (unpaired) electrons. The summed E-state index contributed by atoms with van der Waals surface area (Å²) in [4.78, 5) is 11.5. The minimum absolute atomic E-state index is 0.416. The first-order valence-corrected chi connectivity index (χ1v) is 5.14. The van der Waals surface area contributed by atoms with Gasteiger partial charge in [0.15, 0.2) is 6.10 Å². The van der Waals surface area contributed by atoms with Gasteiger partial charge in [-0.25, -0.2) is 0 Å². The maximum Gasteiger partial charge on any atom is 0.253 e. The number of carbonyl (C=O) groups excluding carboxylic acids is 1. The summed E-state index contributed by atoms with van der Waals surface area (Å²) in [5.74, 6) is -0.416. The third kappa shape index (κ3) is 3.36. The second kappa shape index (κ2) is 6.30. The quantitative estimate of drug-likeness (QED) is 0.704. The summed E-state index contributed by atoms with van der Waals surface area (Å²) in [5.41, 5.74) is 1.27. The molecule has 90 valence electrons. The second-order valence-corrected chi connectivity index (χ2v) is 3.55. The normalized spacial score (nSPS) is 12.4. The zero-order chi connectivity index (χ0) is 12.0. The molecule has 1 heterocycles. The largest absolute Gasteiger partial charge is 0.472 e. The highest BCUT2D eigenvalue weighted by molar-refractivity contribution is 5.82. The highest BCUT2D eigenvalue weighted by atomic mass is 16.5. The van der Waals surface area contributed by atoms with E-state index in [4.69, 9.17) is 9.15 Å². The number of amides is 1. The SMILES string of the molecule is COCCCNC(=O)C(O)c1cocc1C. The molecule has 16 heavy (non-hydrogen) atoms. The topological polar surface area (TPSA) is 71.7 Å². The van der Waals surface area contributed by atoms with Crippen LogP contribution in [0.4, 0.5) is 0 Å². The molecule has 0 fully saturated rings. The standard InChI is InChI=1S/C11H17NO4/c1-8-6-16-7-9(8)10(13)11(14)12-4-3-5-15-2/h6-7,10,13H,3-5H2,1-2H3,(H,12,14). The lowest BCUT2D eigenvalue weighted by Gasteiger charge is -2.10. The Morgan fingerprint density at radius 2 is 2.38 bits per heavy atom. The number of rotatable bonds is 6. The first-order valence-electron chi connectivity index (χ1n) is 5.14. The Bertz CT molecular complexity index is 334. The van der Waals surface area contributed by atoms with E-state index < -0.39 is 12.0 Å². The summed E-state index contributed by atoms with van der Waals surface area (Å²) in [5, 5.41) is 12.3. The fourth-order valence-corrected chi connectivity index (χ4v) is 1.32. The zero-order valence-corrected chi connectivity index (χ0v) is 9.53. The molecule has 1 rings (SSSR count). The summed E-state index contributed by atoms with van der Waals surface area (Å²) in [6.45, 7) is 2.85. The van der Waals surface area contributed by atoms with Gasteiger partial charge in [-0.3, -0.25) is 4.79 Å². The number of methoxy groups -OCH3 is 1. The molecule has 1 aromatic heterocycles. The first-order chi connectivity index (χ1) is 7.66. The molecule has 1 aromatic rings. The van der Waals surface area contributed by atoms with E-state index in [9.17, 15) is 9.90 Å². The van der Waals surface area contributed by atoms with Crippen molar-refractivity contribution in [2.45, 2.75) is 19.4 Å². The van der Waals surface area contributed by atoms with Crippen LogP contribution in [0.2, 0.25) is 0 Å². The third-order valence-electron chi connectivity index (χ3n) is 2.26. The van der Waals surface area contributed by atoms with E-state index in [1.165, 1.54) is 12.5 Å². The first kappa shape index (κ1) is 12.7. The highest BCUT2D eigenvalue weighted by Gasteiger charge is 2.19. The molecule has 5 nitrogen and oxygen atoms in total. The number of aliphatic hydroxyl groups is 1. The Kier molecular flexibility index (Phi) is 5.01. The van der Waals surface area contributed by atoms with Crippen molar-refractivity contribution in [1.82, 2.24) is 5.32 Å². The van der Waals surface area contributed by atoms with Gasteiger partial charge in [0.05, 0.1) is 12.5 Å². The molecule has 0 aliphatic heterocycles. The van der Waals surface area contributed by atoms with Crippen LogP contribution >= 0.6 is 0 Å². The summed E-state index contributed by atoms with van der Waals surface area (Å²) < 4.78 is 9.75. The van der Waals surface area contributed by atoms with Crippen LogP contribution in [-0.4, -0.2) is 31.3 Å². The van der Waals surface area contributed by atoms with E-state index in [1.54, 1.807) is 14.0 Å². The lowest BCUT2D eigenvalue weighted by atomic mass is 10.1. The van der Waals surface area contributed by atoms with Gasteiger partial charge < -0.3 is 19.6 Å². The van der Waals surface area contributed by atoms with E-state index >= 15 is 0 Å². The molecule has 0 aromatic carbocycles. The second-order valence-electron chi connectivity index (χ2n) is 3.55. The molecular formula is C11H17NO4. The van der Waals surface area contributed by atoms with Gasteiger partial charge in [-0.2, -0.15) is 0 Å². The van der Waals surface area contributed by atoms with Gasteiger partial charge in [0.1, 0.15) is 0 Å². The summed E-state index contributed by atoms with van der Waals surface area (Å²) in [6.07, 6.45) is 2.44. The van der Waals surface area contributed by atoms with Crippen LogP contribution in [-0.2, 0) is 9.53 Å². The summed E-state index contributed by atoms with van der Waals surface area (Å²) >= 11 is 0. The van der Waals surface area contributed by atoms with Crippen LogP contribution in [0.25, 0.3) is 0 Å². The fraction of sp³-hybridized carbons (Fsp3) is 0.545. The van der Waals surface area contributed by atoms with Gasteiger partial charge in [-0.15, -0.1) is 0 Å². The maximum absolute atomic E-state index is 11.5. The summed E-state index contributed by atoms with van der Waals surface area (Å²) in [7, 11) is 1.60. The number of hydrogen-bond acceptors (Lipinski definition) is 4. The van der Waals surface area contributed by atoms with E-state index in [2.05, 4.69) is 5.32 Å². The van der Waals surface area contributed by atoms with Crippen molar-refractivity contribution in [2.24, 2.45) is 0 Å². The van der Waals surface area contributed by atoms with Crippen LogP contribution in [0.5, 0.6) is 0 Å². The number of ether oxygens (including phenoxy) is 1. The Labute approximate surface area is 94.4 Å². The van der Waals surface area contributed by atoms with Crippen molar-refractivity contribution < 1.29 is 19.1 Å². The molecular weight excluding hydrogens is 210 g/mol. The number of hydrogen-bond donors (Lipinski definition) is 2. The van der Waals surface area contributed by atoms with Crippen molar-refractivity contribution >= 4 is 5.91 Å². The van der Waals surface area contributed by atoms with Crippen molar-refractivity contribution in [3.05, 3.63) is 23.7 Å².